The molecule has 2 N–H and O–H groups in total. The van der Waals surface area contributed by atoms with Gasteiger partial charge in [-0.25, -0.2) is 13.1 Å². The molecule has 0 bridgehead atoms. The standard InChI is InChI=1S/C17H22N4O2S/c1-18-17(21-24(22,23)16-10-3-2-4-11-16)20-13-6-5-8-15-9-7-12-19-14-15/h2-4,7,9-12,14H,5-6,8,13H2,1H3,(H2,18,20,21). The Hall–Kier alpha value is -2.41. The quantitative estimate of drug-likeness (QED) is 0.456. The first-order valence-corrected chi connectivity index (χ1v) is 9.27. The molecule has 24 heavy (non-hydrogen) atoms. The predicted molar refractivity (Wildman–Crippen MR) is 95.3 cm³/mol. The number of benzene rings is 1. The molecule has 0 fully saturated rings. The van der Waals surface area contributed by atoms with Gasteiger partial charge < -0.3 is 5.32 Å². The van der Waals surface area contributed by atoms with E-state index < -0.39 is 10.0 Å². The van der Waals surface area contributed by atoms with Crippen LogP contribution in [0.2, 0.25) is 0 Å². The normalized spacial score (nSPS) is 12.0. The molecule has 1 aromatic carbocycles. The minimum atomic E-state index is -3.61. The molecule has 2 rings (SSSR count). The second-order valence-corrected chi connectivity index (χ2v) is 6.92. The SMILES string of the molecule is CN=C(NCCCCc1cccnc1)NS(=O)(=O)c1ccccc1. The van der Waals surface area contributed by atoms with Gasteiger partial charge in [0.2, 0.25) is 5.96 Å². The molecule has 1 heterocycles. The van der Waals surface area contributed by atoms with Crippen LogP contribution in [0.5, 0.6) is 0 Å². The van der Waals surface area contributed by atoms with Crippen LogP contribution in [-0.4, -0.2) is 33.0 Å². The Morgan fingerprint density at radius 2 is 1.92 bits per heavy atom. The van der Waals surface area contributed by atoms with Crippen LogP contribution in [0.25, 0.3) is 0 Å². The summed E-state index contributed by atoms with van der Waals surface area (Å²) < 4.78 is 26.9. The number of guanidine groups is 1. The molecule has 6 nitrogen and oxygen atoms in total. The van der Waals surface area contributed by atoms with Crippen LogP contribution in [-0.2, 0) is 16.4 Å². The van der Waals surface area contributed by atoms with Gasteiger partial charge in [-0.05, 0) is 43.0 Å². The lowest BCUT2D eigenvalue weighted by Gasteiger charge is -2.12. The van der Waals surface area contributed by atoms with Crippen molar-refractivity contribution in [1.82, 2.24) is 15.0 Å². The maximum Gasteiger partial charge on any atom is 0.264 e. The smallest absolute Gasteiger partial charge is 0.264 e. The van der Waals surface area contributed by atoms with E-state index in [0.717, 1.165) is 19.3 Å². The topological polar surface area (TPSA) is 83.4 Å². The Balaban J connectivity index is 1.77. The number of rotatable bonds is 7. The van der Waals surface area contributed by atoms with E-state index in [1.807, 2.05) is 18.3 Å². The molecule has 2 aromatic rings. The Kier molecular flexibility index (Phi) is 6.74. The Morgan fingerprint density at radius 1 is 1.12 bits per heavy atom. The molecule has 0 aliphatic rings. The zero-order chi connectivity index (χ0) is 17.3. The molecule has 0 radical (unpaired) electrons. The van der Waals surface area contributed by atoms with Gasteiger partial charge in [-0.1, -0.05) is 24.3 Å². The summed E-state index contributed by atoms with van der Waals surface area (Å²) in [6.45, 7) is 0.643. The van der Waals surface area contributed by atoms with Crippen LogP contribution in [0.3, 0.4) is 0 Å². The van der Waals surface area contributed by atoms with Gasteiger partial charge in [-0.15, -0.1) is 0 Å². The molecule has 0 aliphatic carbocycles. The fraction of sp³-hybridized carbons (Fsp3) is 0.294. The predicted octanol–water partition coefficient (Wildman–Crippen LogP) is 1.96. The molecule has 7 heteroatoms. The fourth-order valence-corrected chi connectivity index (χ4v) is 3.20. The van der Waals surface area contributed by atoms with Gasteiger partial charge in [0.25, 0.3) is 10.0 Å². The van der Waals surface area contributed by atoms with E-state index in [9.17, 15) is 8.42 Å². The number of nitrogens with zero attached hydrogens (tertiary/aromatic N) is 2. The second kappa shape index (κ2) is 9.02. The van der Waals surface area contributed by atoms with Gasteiger partial charge >= 0.3 is 0 Å². The Bertz CT molecular complexity index is 747. The lowest BCUT2D eigenvalue weighted by atomic mass is 10.1. The number of hydrogen-bond acceptors (Lipinski definition) is 4. The molecule has 0 amide bonds. The van der Waals surface area contributed by atoms with Crippen molar-refractivity contribution in [3.63, 3.8) is 0 Å². The summed E-state index contributed by atoms with van der Waals surface area (Å²) in [7, 11) is -2.06. The van der Waals surface area contributed by atoms with Gasteiger partial charge in [-0.3, -0.25) is 9.98 Å². The van der Waals surface area contributed by atoms with Crippen LogP contribution in [0.1, 0.15) is 18.4 Å². The molecule has 1 aromatic heterocycles. The summed E-state index contributed by atoms with van der Waals surface area (Å²) in [5.41, 5.74) is 1.20. The summed E-state index contributed by atoms with van der Waals surface area (Å²) in [6.07, 6.45) is 6.46. The van der Waals surface area contributed by atoms with E-state index in [0.29, 0.717) is 6.54 Å². The van der Waals surface area contributed by atoms with Crippen molar-refractivity contribution in [3.8, 4) is 0 Å². The number of aromatic nitrogens is 1. The van der Waals surface area contributed by atoms with Crippen LogP contribution in [0.15, 0.2) is 64.7 Å². The first-order chi connectivity index (χ1) is 11.6. The number of nitrogens with one attached hydrogen (secondary N) is 2. The average molecular weight is 346 g/mol. The summed E-state index contributed by atoms with van der Waals surface area (Å²) in [6, 6.07) is 12.2. The van der Waals surface area contributed by atoms with Crippen molar-refractivity contribution in [2.75, 3.05) is 13.6 Å². The maximum absolute atomic E-state index is 12.2. The molecule has 0 saturated heterocycles. The van der Waals surface area contributed by atoms with Crippen LogP contribution >= 0.6 is 0 Å². The van der Waals surface area contributed by atoms with E-state index in [1.165, 1.54) is 5.56 Å². The number of pyridine rings is 1. The fourth-order valence-electron chi connectivity index (χ4n) is 2.15. The molecule has 0 aliphatic heterocycles. The molecule has 0 unspecified atom stereocenters. The third-order valence-electron chi connectivity index (χ3n) is 3.42. The minimum Gasteiger partial charge on any atom is -0.356 e. The van der Waals surface area contributed by atoms with Crippen molar-refractivity contribution in [3.05, 3.63) is 60.4 Å². The van der Waals surface area contributed by atoms with E-state index in [-0.39, 0.29) is 10.9 Å². The van der Waals surface area contributed by atoms with E-state index in [1.54, 1.807) is 43.6 Å². The highest BCUT2D eigenvalue weighted by atomic mass is 32.2. The highest BCUT2D eigenvalue weighted by Crippen LogP contribution is 2.06. The van der Waals surface area contributed by atoms with Crippen molar-refractivity contribution in [2.45, 2.75) is 24.2 Å². The van der Waals surface area contributed by atoms with Gasteiger partial charge in [0.15, 0.2) is 0 Å². The lowest BCUT2D eigenvalue weighted by Crippen LogP contribution is -2.41. The first kappa shape index (κ1) is 17.9. The van der Waals surface area contributed by atoms with Gasteiger partial charge in [-0.2, -0.15) is 0 Å². The highest BCUT2D eigenvalue weighted by molar-refractivity contribution is 7.90. The number of sulfonamides is 1. The zero-order valence-corrected chi connectivity index (χ0v) is 14.5. The highest BCUT2D eigenvalue weighted by Gasteiger charge is 2.15. The Labute approximate surface area is 143 Å². The molecule has 128 valence electrons. The summed E-state index contributed by atoms with van der Waals surface area (Å²) >= 11 is 0. The molecule has 0 atom stereocenters. The molecule has 0 spiro atoms. The summed E-state index contributed by atoms with van der Waals surface area (Å²) in [4.78, 5) is 8.26. The van der Waals surface area contributed by atoms with Gasteiger partial charge in [0, 0.05) is 26.0 Å². The van der Waals surface area contributed by atoms with Crippen molar-refractivity contribution in [1.29, 1.82) is 0 Å². The molecular weight excluding hydrogens is 324 g/mol. The van der Waals surface area contributed by atoms with Crippen molar-refractivity contribution < 1.29 is 8.42 Å². The van der Waals surface area contributed by atoms with Crippen molar-refractivity contribution in [2.24, 2.45) is 4.99 Å². The number of unbranched alkanes of at least 4 members (excludes halogenated alkanes) is 1. The monoisotopic (exact) mass is 346 g/mol. The van der Waals surface area contributed by atoms with E-state index >= 15 is 0 Å². The first-order valence-electron chi connectivity index (χ1n) is 7.79. The third kappa shape index (κ3) is 5.66. The van der Waals surface area contributed by atoms with Gasteiger partial charge in [0.05, 0.1) is 4.90 Å². The maximum atomic E-state index is 12.2. The second-order valence-electron chi connectivity index (χ2n) is 5.24. The third-order valence-corrected chi connectivity index (χ3v) is 4.77. The molecule has 0 saturated carbocycles. The number of hydrogen-bond donors (Lipinski definition) is 2. The minimum absolute atomic E-state index is 0.213. The van der Waals surface area contributed by atoms with Crippen molar-refractivity contribution >= 4 is 16.0 Å². The average Bonchev–Trinajstić information content (AvgIpc) is 2.62. The van der Waals surface area contributed by atoms with E-state index in [4.69, 9.17) is 0 Å². The van der Waals surface area contributed by atoms with E-state index in [2.05, 4.69) is 20.0 Å². The van der Waals surface area contributed by atoms with Gasteiger partial charge in [0.1, 0.15) is 0 Å². The summed E-state index contributed by atoms with van der Waals surface area (Å²) in [5.74, 6) is 0.250. The summed E-state index contributed by atoms with van der Waals surface area (Å²) in [5, 5.41) is 3.03. The van der Waals surface area contributed by atoms with Crippen LogP contribution < -0.4 is 10.0 Å². The number of aliphatic imine (C=N–C) groups is 1. The molecular formula is C17H22N4O2S. The number of aryl methyl sites for hydroxylation is 1. The lowest BCUT2D eigenvalue weighted by molar-refractivity contribution is 0.591. The largest absolute Gasteiger partial charge is 0.356 e. The van der Waals surface area contributed by atoms with Crippen LogP contribution in [0, 0.1) is 0 Å². The zero-order valence-electron chi connectivity index (χ0n) is 13.6. The van der Waals surface area contributed by atoms with Crippen LogP contribution in [0.4, 0.5) is 0 Å². The Morgan fingerprint density at radius 3 is 2.58 bits per heavy atom.